The molecule has 0 radical (unpaired) electrons. The van der Waals surface area contributed by atoms with Crippen LogP contribution < -0.4 is 17.0 Å². The van der Waals surface area contributed by atoms with Gasteiger partial charge in [-0.15, -0.1) is 0 Å². The molecule has 2 heterocycles. The minimum atomic E-state index is -0.0814. The molecular weight excluding hydrogens is 640 g/mol. The Labute approximate surface area is 291 Å². The van der Waals surface area contributed by atoms with E-state index in [1.54, 1.807) is 0 Å². The molecule has 0 aromatic carbocycles. The van der Waals surface area contributed by atoms with E-state index in [2.05, 4.69) is 25.7 Å². The van der Waals surface area contributed by atoms with Gasteiger partial charge in [-0.1, -0.05) is 48.0 Å². The molecule has 0 unspecified atom stereocenters. The van der Waals surface area contributed by atoms with Crippen molar-refractivity contribution in [3.63, 3.8) is 0 Å². The number of rotatable bonds is 7. The van der Waals surface area contributed by atoms with Crippen molar-refractivity contribution in [2.75, 3.05) is 32.7 Å². The Kier molecular flexibility index (Phi) is 11.4. The van der Waals surface area contributed by atoms with Gasteiger partial charge in [-0.05, 0) is 120 Å². The normalized spacial score (nSPS) is 42.4. The minimum absolute atomic E-state index is 0. The van der Waals surface area contributed by atoms with Crippen LogP contribution in [0, 0.1) is 46.3 Å². The summed E-state index contributed by atoms with van der Waals surface area (Å²) in [7, 11) is 0. The van der Waals surface area contributed by atoms with Crippen molar-refractivity contribution in [2.45, 2.75) is 156 Å². The standard InChI is InChI=1S/C39H67N2O4.BrH/c1-8-41(21-13-10-14-22-41)33-24-31-29-16-15-28-23-34(44-36(42)26(2)3)32(40-19-11-9-12-20-40)25-39(28,7)30(29)17-18-38(31,6)35(33)45-37(43)27(4)5;/h26-35H,8-25H2,1-7H3;1H/q+1;/p-1/t28-,29+,30-,31-,32-,33-,34-,35-,38-,39-;/m0./s1. The maximum atomic E-state index is 13.3. The van der Waals surface area contributed by atoms with Crippen LogP contribution in [0.2, 0.25) is 0 Å². The summed E-state index contributed by atoms with van der Waals surface area (Å²) in [5.41, 5.74) is 0.338. The summed E-state index contributed by atoms with van der Waals surface area (Å²) < 4.78 is 14.3. The molecular formula is C39H67BrN2O4. The lowest BCUT2D eigenvalue weighted by Crippen LogP contribution is -3.00. The van der Waals surface area contributed by atoms with Gasteiger partial charge in [0.05, 0.1) is 31.5 Å². The number of halogens is 1. The zero-order valence-electron chi connectivity index (χ0n) is 30.4. The number of ether oxygens (including phenoxy) is 2. The lowest BCUT2D eigenvalue weighted by atomic mass is 9.44. The van der Waals surface area contributed by atoms with Crippen LogP contribution in [0.3, 0.4) is 0 Å². The average molecular weight is 708 g/mol. The highest BCUT2D eigenvalue weighted by Gasteiger charge is 2.67. The molecule has 46 heavy (non-hydrogen) atoms. The maximum absolute atomic E-state index is 13.3. The van der Waals surface area contributed by atoms with Crippen LogP contribution in [-0.4, -0.2) is 78.3 Å². The van der Waals surface area contributed by atoms with Gasteiger partial charge in [-0.2, -0.15) is 0 Å². The number of carbonyl (C=O) groups excluding carboxylic acids is 2. The van der Waals surface area contributed by atoms with Gasteiger partial charge in [0, 0.05) is 17.9 Å². The SMILES string of the molecule is CC[N+]1([C@H]2C[C@H]3[C@@H]4CC[C@H]5C[C@H](OC(=O)C(C)C)[C@@H](N6CCCCC6)C[C@]5(C)[C@H]4CC[C@]3(C)[C@H]2OC(=O)C(C)C)CCCCC1.[Br-]. The summed E-state index contributed by atoms with van der Waals surface area (Å²) >= 11 is 0. The van der Waals surface area contributed by atoms with E-state index in [0.717, 1.165) is 26.1 Å². The molecule has 0 aromatic rings. The van der Waals surface area contributed by atoms with E-state index in [1.807, 2.05) is 27.7 Å². The van der Waals surface area contributed by atoms with Crippen molar-refractivity contribution in [3.05, 3.63) is 0 Å². The molecule has 2 aliphatic heterocycles. The van der Waals surface area contributed by atoms with Gasteiger partial charge in [0.1, 0.15) is 12.1 Å². The van der Waals surface area contributed by atoms with Crippen LogP contribution in [0.1, 0.15) is 132 Å². The lowest BCUT2D eigenvalue weighted by Gasteiger charge is -2.62. The number of quaternary nitrogens is 1. The van der Waals surface area contributed by atoms with Gasteiger partial charge >= 0.3 is 11.9 Å². The number of piperidine rings is 2. The lowest BCUT2D eigenvalue weighted by molar-refractivity contribution is -0.956. The first-order valence-electron chi connectivity index (χ1n) is 19.4. The fourth-order valence-corrected chi connectivity index (χ4v) is 12.3. The van der Waals surface area contributed by atoms with Gasteiger partial charge in [-0.3, -0.25) is 14.5 Å². The number of carbonyl (C=O) groups is 2. The molecule has 7 heteroatoms. The maximum Gasteiger partial charge on any atom is 0.308 e. The first-order chi connectivity index (χ1) is 21.4. The monoisotopic (exact) mass is 706 g/mol. The summed E-state index contributed by atoms with van der Waals surface area (Å²) in [6.45, 7) is 21.5. The van der Waals surface area contributed by atoms with E-state index in [-0.39, 0.29) is 63.8 Å². The molecule has 2 saturated heterocycles. The quantitative estimate of drug-likeness (QED) is 0.286. The average Bonchev–Trinajstić information content (AvgIpc) is 3.34. The number of likely N-dealkylation sites (tertiary alicyclic amines) is 2. The highest BCUT2D eigenvalue weighted by Crippen LogP contribution is 2.68. The Bertz CT molecular complexity index is 1070. The number of nitrogens with zero attached hydrogens (tertiary/aromatic N) is 2. The molecule has 0 N–H and O–H groups in total. The van der Waals surface area contributed by atoms with Crippen LogP contribution >= 0.6 is 0 Å². The Balaban J connectivity index is 0.00000417. The number of hydrogen-bond acceptors (Lipinski definition) is 5. The fourth-order valence-electron chi connectivity index (χ4n) is 12.3. The van der Waals surface area contributed by atoms with Crippen LogP contribution in [0.15, 0.2) is 0 Å². The van der Waals surface area contributed by atoms with E-state index in [4.69, 9.17) is 9.47 Å². The largest absolute Gasteiger partial charge is 1.00 e. The van der Waals surface area contributed by atoms with Crippen molar-refractivity contribution in [3.8, 4) is 0 Å². The summed E-state index contributed by atoms with van der Waals surface area (Å²) in [4.78, 5) is 29.0. The molecule has 6 nitrogen and oxygen atoms in total. The molecule has 6 fully saturated rings. The summed E-state index contributed by atoms with van der Waals surface area (Å²) in [5, 5.41) is 0. The molecule has 0 amide bonds. The first kappa shape index (κ1) is 36.6. The predicted octanol–water partition coefficient (Wildman–Crippen LogP) is 4.63. The molecule has 4 saturated carbocycles. The molecule has 10 atom stereocenters. The zero-order chi connectivity index (χ0) is 32.1. The molecule has 0 bridgehead atoms. The summed E-state index contributed by atoms with van der Waals surface area (Å²) in [6, 6.07) is 0.782. The van der Waals surface area contributed by atoms with Crippen LogP contribution in [-0.2, 0) is 19.1 Å². The summed E-state index contributed by atoms with van der Waals surface area (Å²) in [5.74, 6) is 2.49. The summed E-state index contributed by atoms with van der Waals surface area (Å²) in [6.07, 6.45) is 16.3. The highest BCUT2D eigenvalue weighted by atomic mass is 79.9. The molecule has 6 rings (SSSR count). The topological polar surface area (TPSA) is 55.8 Å². The number of fused-ring (bicyclic) bond motifs is 5. The number of hydrogen-bond donors (Lipinski definition) is 0. The van der Waals surface area contributed by atoms with Crippen molar-refractivity contribution >= 4 is 11.9 Å². The second-order valence-corrected chi connectivity index (χ2v) is 17.8. The smallest absolute Gasteiger partial charge is 0.308 e. The van der Waals surface area contributed by atoms with Gasteiger partial charge in [-0.25, -0.2) is 0 Å². The molecule has 4 aliphatic carbocycles. The van der Waals surface area contributed by atoms with E-state index in [1.165, 1.54) is 94.6 Å². The Hall–Kier alpha value is -0.660. The van der Waals surface area contributed by atoms with E-state index in [0.29, 0.717) is 35.8 Å². The Morgan fingerprint density at radius 3 is 2.07 bits per heavy atom. The van der Waals surface area contributed by atoms with Crippen LogP contribution in [0.5, 0.6) is 0 Å². The van der Waals surface area contributed by atoms with Gasteiger partial charge in [0.25, 0.3) is 0 Å². The highest BCUT2D eigenvalue weighted by molar-refractivity contribution is 5.72. The second-order valence-electron chi connectivity index (χ2n) is 17.8. The van der Waals surface area contributed by atoms with E-state index in [9.17, 15) is 9.59 Å². The predicted molar refractivity (Wildman–Crippen MR) is 179 cm³/mol. The minimum Gasteiger partial charge on any atom is -1.00 e. The van der Waals surface area contributed by atoms with Crippen molar-refractivity contribution in [2.24, 2.45) is 46.3 Å². The fraction of sp³-hybridized carbons (Fsp3) is 0.949. The molecule has 6 aliphatic rings. The third kappa shape index (κ3) is 6.38. The molecule has 0 spiro atoms. The Morgan fingerprint density at radius 2 is 1.43 bits per heavy atom. The van der Waals surface area contributed by atoms with Crippen molar-refractivity contribution in [1.82, 2.24) is 4.90 Å². The van der Waals surface area contributed by atoms with E-state index < -0.39 is 0 Å². The number of esters is 2. The number of likely N-dealkylation sites (N-methyl/N-ethyl adjacent to an activating group) is 1. The third-order valence-corrected chi connectivity index (χ3v) is 14.9. The first-order valence-corrected chi connectivity index (χ1v) is 19.4. The van der Waals surface area contributed by atoms with E-state index >= 15 is 0 Å². The van der Waals surface area contributed by atoms with Crippen LogP contribution in [0.4, 0.5) is 0 Å². The Morgan fingerprint density at radius 1 is 0.804 bits per heavy atom. The van der Waals surface area contributed by atoms with Crippen molar-refractivity contribution < 1.29 is 40.5 Å². The van der Waals surface area contributed by atoms with Gasteiger partial charge in [0.15, 0.2) is 6.10 Å². The van der Waals surface area contributed by atoms with Crippen molar-refractivity contribution in [1.29, 1.82) is 0 Å². The second kappa shape index (κ2) is 14.3. The third-order valence-electron chi connectivity index (χ3n) is 14.9. The van der Waals surface area contributed by atoms with Gasteiger partial charge < -0.3 is 30.9 Å². The molecule has 0 aromatic heterocycles. The van der Waals surface area contributed by atoms with Gasteiger partial charge in [0.2, 0.25) is 0 Å². The van der Waals surface area contributed by atoms with Crippen LogP contribution in [0.25, 0.3) is 0 Å². The molecule has 264 valence electrons. The zero-order valence-corrected chi connectivity index (χ0v) is 32.0.